The lowest BCUT2D eigenvalue weighted by atomic mass is 10.2. The lowest BCUT2D eigenvalue weighted by Crippen LogP contribution is -2.22. The minimum atomic E-state index is -0.279. The summed E-state index contributed by atoms with van der Waals surface area (Å²) in [5.41, 5.74) is 1.97. The van der Waals surface area contributed by atoms with Crippen molar-refractivity contribution in [3.05, 3.63) is 64.9 Å². The normalized spacial score (nSPS) is 10.5. The Morgan fingerprint density at radius 3 is 2.76 bits per heavy atom. The second-order valence-corrected chi connectivity index (χ2v) is 5.18. The number of benzene rings is 1. The number of amides is 1. The summed E-state index contributed by atoms with van der Waals surface area (Å²) in [5, 5.41) is 2.75. The molecular weight excluding hydrogens is 334 g/mol. The van der Waals surface area contributed by atoms with E-state index >= 15 is 0 Å². The van der Waals surface area contributed by atoms with Crippen LogP contribution in [0.15, 0.2) is 57.7 Å². The number of furan rings is 1. The first kappa shape index (κ1) is 13.6. The van der Waals surface area contributed by atoms with Crippen LogP contribution in [0.3, 0.4) is 0 Å². The minimum Gasteiger partial charge on any atom is -0.444 e. The van der Waals surface area contributed by atoms with Gasteiger partial charge >= 0.3 is 0 Å². The Kier molecular flexibility index (Phi) is 3.87. The van der Waals surface area contributed by atoms with Crippen LogP contribution in [-0.2, 0) is 6.54 Å². The van der Waals surface area contributed by atoms with E-state index in [1.165, 1.54) is 0 Å². The molecule has 0 aliphatic heterocycles. The van der Waals surface area contributed by atoms with E-state index in [0.29, 0.717) is 17.0 Å². The van der Waals surface area contributed by atoms with Crippen LogP contribution in [0.4, 0.5) is 0 Å². The number of imidazole rings is 1. The molecule has 21 heavy (non-hydrogen) atoms. The number of aromatic nitrogens is 2. The predicted octanol–water partition coefficient (Wildman–Crippen LogP) is 3.36. The van der Waals surface area contributed by atoms with E-state index < -0.39 is 0 Å². The summed E-state index contributed by atoms with van der Waals surface area (Å²) in [6.07, 6.45) is 1.75. The van der Waals surface area contributed by atoms with Crippen molar-refractivity contribution < 1.29 is 9.21 Å². The Bertz CT molecular complexity index is 749. The minimum absolute atomic E-state index is 0.261. The molecule has 0 aliphatic carbocycles. The van der Waals surface area contributed by atoms with Crippen molar-refractivity contribution in [1.29, 1.82) is 0 Å². The van der Waals surface area contributed by atoms with Gasteiger partial charge in [0.2, 0.25) is 0 Å². The molecule has 0 saturated heterocycles. The monoisotopic (exact) mass is 345 g/mol. The van der Waals surface area contributed by atoms with Gasteiger partial charge in [-0.15, -0.1) is 0 Å². The number of carbonyl (C=O) groups is 1. The van der Waals surface area contributed by atoms with E-state index in [2.05, 4.69) is 31.2 Å². The summed E-state index contributed by atoms with van der Waals surface area (Å²) in [4.78, 5) is 19.3. The quantitative estimate of drug-likeness (QED) is 0.761. The van der Waals surface area contributed by atoms with Crippen molar-refractivity contribution >= 4 is 21.8 Å². The molecule has 2 N–H and O–H groups in total. The Labute approximate surface area is 129 Å². The van der Waals surface area contributed by atoms with Crippen LogP contribution < -0.4 is 5.32 Å². The zero-order valence-corrected chi connectivity index (χ0v) is 12.6. The molecule has 0 atom stereocenters. The standard InChI is InChI=1S/C15H12BrN3O2/c16-13-7-6-12(21-13)15(20)18-9-14-17-8-11(19-14)10-4-2-1-3-5-10/h1-8H,9H2,(H,17,19)(H,18,20). The highest BCUT2D eigenvalue weighted by Gasteiger charge is 2.11. The average Bonchev–Trinajstić information content (AvgIpc) is 3.15. The zero-order chi connectivity index (χ0) is 14.7. The Balaban J connectivity index is 1.64. The van der Waals surface area contributed by atoms with Gasteiger partial charge in [0.1, 0.15) is 5.82 Å². The number of hydrogen-bond donors (Lipinski definition) is 2. The molecule has 3 aromatic rings. The number of rotatable bonds is 4. The molecule has 6 heteroatoms. The number of hydrogen-bond acceptors (Lipinski definition) is 3. The molecule has 2 heterocycles. The van der Waals surface area contributed by atoms with E-state index in [1.807, 2.05) is 30.3 Å². The topological polar surface area (TPSA) is 70.9 Å². The largest absolute Gasteiger partial charge is 0.444 e. The highest BCUT2D eigenvalue weighted by molar-refractivity contribution is 9.10. The van der Waals surface area contributed by atoms with E-state index in [9.17, 15) is 4.79 Å². The van der Waals surface area contributed by atoms with Crippen molar-refractivity contribution in [1.82, 2.24) is 15.3 Å². The number of carbonyl (C=O) groups excluding carboxylic acids is 1. The second-order valence-electron chi connectivity index (χ2n) is 4.40. The van der Waals surface area contributed by atoms with Gasteiger partial charge in [0.25, 0.3) is 5.91 Å². The Hall–Kier alpha value is -2.34. The van der Waals surface area contributed by atoms with Crippen molar-refractivity contribution in [2.75, 3.05) is 0 Å². The van der Waals surface area contributed by atoms with Crippen molar-refractivity contribution in [2.24, 2.45) is 0 Å². The number of H-pyrrole nitrogens is 1. The Morgan fingerprint density at radius 2 is 2.05 bits per heavy atom. The van der Waals surface area contributed by atoms with Gasteiger partial charge in [-0.1, -0.05) is 30.3 Å². The van der Waals surface area contributed by atoms with Gasteiger partial charge in [-0.05, 0) is 33.6 Å². The molecule has 0 radical (unpaired) electrons. The molecule has 0 spiro atoms. The average molecular weight is 346 g/mol. The number of aromatic amines is 1. The molecule has 1 aromatic carbocycles. The molecule has 1 amide bonds. The van der Waals surface area contributed by atoms with E-state index in [4.69, 9.17) is 4.42 Å². The van der Waals surface area contributed by atoms with E-state index in [-0.39, 0.29) is 11.7 Å². The fraction of sp³-hybridized carbons (Fsp3) is 0.0667. The van der Waals surface area contributed by atoms with E-state index in [0.717, 1.165) is 11.3 Å². The molecule has 5 nitrogen and oxygen atoms in total. The summed E-state index contributed by atoms with van der Waals surface area (Å²) in [5.74, 6) is 0.669. The van der Waals surface area contributed by atoms with Crippen LogP contribution in [-0.4, -0.2) is 15.9 Å². The second kappa shape index (κ2) is 5.97. The smallest absolute Gasteiger partial charge is 0.287 e. The molecule has 2 aromatic heterocycles. The lowest BCUT2D eigenvalue weighted by molar-refractivity contribution is 0.0921. The number of nitrogens with zero attached hydrogens (tertiary/aromatic N) is 1. The lowest BCUT2D eigenvalue weighted by Gasteiger charge is -2.00. The maximum Gasteiger partial charge on any atom is 0.287 e. The third-order valence-electron chi connectivity index (χ3n) is 2.93. The molecule has 0 unspecified atom stereocenters. The summed E-state index contributed by atoms with van der Waals surface area (Å²) in [7, 11) is 0. The molecule has 0 aliphatic rings. The maximum atomic E-state index is 11.8. The molecular formula is C15H12BrN3O2. The van der Waals surface area contributed by atoms with E-state index in [1.54, 1.807) is 18.3 Å². The van der Waals surface area contributed by atoms with Gasteiger partial charge in [-0.25, -0.2) is 4.98 Å². The van der Waals surface area contributed by atoms with Gasteiger partial charge in [0, 0.05) is 0 Å². The first-order valence-corrected chi connectivity index (χ1v) is 7.14. The molecule has 3 rings (SSSR count). The van der Waals surface area contributed by atoms with Crippen molar-refractivity contribution in [3.8, 4) is 11.3 Å². The Morgan fingerprint density at radius 1 is 1.24 bits per heavy atom. The molecule has 0 bridgehead atoms. The van der Waals surface area contributed by atoms with Crippen LogP contribution >= 0.6 is 15.9 Å². The molecule has 0 saturated carbocycles. The number of nitrogens with one attached hydrogen (secondary N) is 2. The van der Waals surface area contributed by atoms with Gasteiger partial charge in [-0.3, -0.25) is 4.79 Å². The summed E-state index contributed by atoms with van der Waals surface area (Å²) in [6, 6.07) is 13.2. The van der Waals surface area contributed by atoms with Crippen LogP contribution in [0.2, 0.25) is 0 Å². The fourth-order valence-corrected chi connectivity index (χ4v) is 2.21. The van der Waals surface area contributed by atoms with Gasteiger partial charge in [0.15, 0.2) is 10.4 Å². The zero-order valence-electron chi connectivity index (χ0n) is 11.0. The first-order chi connectivity index (χ1) is 10.2. The SMILES string of the molecule is O=C(NCc1ncc(-c2ccccc2)[nH]1)c1ccc(Br)o1. The van der Waals surface area contributed by atoms with Crippen molar-refractivity contribution in [3.63, 3.8) is 0 Å². The summed E-state index contributed by atoms with van der Waals surface area (Å²) >= 11 is 3.16. The number of halogens is 1. The van der Waals surface area contributed by atoms with Crippen LogP contribution in [0.25, 0.3) is 11.3 Å². The summed E-state index contributed by atoms with van der Waals surface area (Å²) < 4.78 is 5.71. The van der Waals surface area contributed by atoms with Gasteiger partial charge in [0.05, 0.1) is 18.4 Å². The fourth-order valence-electron chi connectivity index (χ4n) is 1.90. The van der Waals surface area contributed by atoms with Gasteiger partial charge in [-0.2, -0.15) is 0 Å². The first-order valence-electron chi connectivity index (χ1n) is 6.35. The third kappa shape index (κ3) is 3.22. The summed E-state index contributed by atoms with van der Waals surface area (Å²) in [6.45, 7) is 0.310. The van der Waals surface area contributed by atoms with Crippen LogP contribution in [0.5, 0.6) is 0 Å². The van der Waals surface area contributed by atoms with Crippen LogP contribution in [0.1, 0.15) is 16.4 Å². The van der Waals surface area contributed by atoms with Crippen LogP contribution in [0, 0.1) is 0 Å². The van der Waals surface area contributed by atoms with Crippen molar-refractivity contribution in [2.45, 2.75) is 6.54 Å². The maximum absolute atomic E-state index is 11.8. The molecule has 0 fully saturated rings. The highest BCUT2D eigenvalue weighted by atomic mass is 79.9. The third-order valence-corrected chi connectivity index (χ3v) is 3.35. The highest BCUT2D eigenvalue weighted by Crippen LogP contribution is 2.16. The van der Waals surface area contributed by atoms with Gasteiger partial charge < -0.3 is 14.7 Å². The predicted molar refractivity (Wildman–Crippen MR) is 81.6 cm³/mol. The molecule has 106 valence electrons.